The highest BCUT2D eigenvalue weighted by atomic mass is 16.5. The summed E-state index contributed by atoms with van der Waals surface area (Å²) >= 11 is 0. The lowest BCUT2D eigenvalue weighted by Gasteiger charge is -2.00. The molecule has 11 heavy (non-hydrogen) atoms. The van der Waals surface area contributed by atoms with Crippen LogP contribution >= 0.6 is 0 Å². The lowest BCUT2D eigenvalue weighted by atomic mass is 10.3. The van der Waals surface area contributed by atoms with E-state index in [0.717, 1.165) is 0 Å². The van der Waals surface area contributed by atoms with Gasteiger partial charge in [0.2, 0.25) is 0 Å². The molecule has 3 nitrogen and oxygen atoms in total. The summed E-state index contributed by atoms with van der Waals surface area (Å²) in [6.07, 6.45) is 0. The van der Waals surface area contributed by atoms with Gasteiger partial charge < -0.3 is 4.74 Å². The molecule has 0 saturated carbocycles. The maximum absolute atomic E-state index is 6.64. The number of aliphatic imine (C=N–C) groups is 1. The van der Waals surface area contributed by atoms with Gasteiger partial charge in [-0.25, -0.2) is 5.41 Å². The minimum atomic E-state index is 0.630. The third-order valence-electron chi connectivity index (χ3n) is 1.26. The first-order chi connectivity index (χ1) is 5.38. The molecule has 0 fully saturated rings. The second-order valence-corrected chi connectivity index (χ2v) is 1.90. The topological polar surface area (TPSA) is 45.4 Å². The van der Waals surface area contributed by atoms with E-state index in [-0.39, 0.29) is 0 Å². The molecule has 0 aromatic heterocycles. The Kier molecular flexibility index (Phi) is 2.42. The van der Waals surface area contributed by atoms with Crippen LogP contribution < -0.4 is 4.74 Å². The molecule has 0 aliphatic heterocycles. The summed E-state index contributed by atoms with van der Waals surface area (Å²) in [5.41, 5.74) is 0.630. The average Bonchev–Trinajstić information content (AvgIpc) is 2.06. The Hall–Kier alpha value is -1.60. The molecule has 1 aromatic carbocycles. The lowest BCUT2D eigenvalue weighted by Crippen LogP contribution is -1.81. The predicted octanol–water partition coefficient (Wildman–Crippen LogP) is 2.08. The Balaban J connectivity index is 3.11. The van der Waals surface area contributed by atoms with Crippen molar-refractivity contribution in [3.63, 3.8) is 0 Å². The Morgan fingerprint density at radius 2 is 2.18 bits per heavy atom. The lowest BCUT2D eigenvalue weighted by molar-refractivity contribution is 0.416. The predicted molar refractivity (Wildman–Crippen MR) is 42.8 cm³/mol. The molecule has 0 aliphatic carbocycles. The summed E-state index contributed by atoms with van der Waals surface area (Å²) < 4.78 is 4.98. The highest BCUT2D eigenvalue weighted by molar-refractivity contribution is 5.57. The highest BCUT2D eigenvalue weighted by Crippen LogP contribution is 2.25. The van der Waals surface area contributed by atoms with E-state index in [1.807, 2.05) is 18.1 Å². The zero-order valence-electron chi connectivity index (χ0n) is 6.16. The quantitative estimate of drug-likeness (QED) is 0.641. The first-order valence-corrected chi connectivity index (χ1v) is 3.14. The van der Waals surface area contributed by atoms with E-state index in [0.29, 0.717) is 11.4 Å². The van der Waals surface area contributed by atoms with Crippen LogP contribution in [0.4, 0.5) is 5.69 Å². The zero-order chi connectivity index (χ0) is 8.10. The molecule has 0 radical (unpaired) electrons. The normalized spacial score (nSPS) is 8.45. The number of hydrogen-bond acceptors (Lipinski definition) is 3. The first kappa shape index (κ1) is 7.51. The molecule has 0 saturated heterocycles. The smallest absolute Gasteiger partial charge is 0.145 e. The van der Waals surface area contributed by atoms with Gasteiger partial charge in [0.05, 0.1) is 13.1 Å². The number of nitrogens with zero attached hydrogens (tertiary/aromatic N) is 1. The van der Waals surface area contributed by atoms with Gasteiger partial charge in [-0.3, -0.25) is 0 Å². The fourth-order valence-electron chi connectivity index (χ4n) is 0.782. The van der Waals surface area contributed by atoms with Crippen LogP contribution in [0.5, 0.6) is 5.75 Å². The van der Waals surface area contributed by atoms with E-state index in [9.17, 15) is 0 Å². The molecule has 1 rings (SSSR count). The maximum atomic E-state index is 6.64. The number of rotatable bonds is 2. The van der Waals surface area contributed by atoms with Gasteiger partial charge in [0.1, 0.15) is 11.4 Å². The molecule has 0 spiro atoms. The van der Waals surface area contributed by atoms with Gasteiger partial charge in [-0.2, -0.15) is 4.99 Å². The van der Waals surface area contributed by atoms with Crippen molar-refractivity contribution >= 4 is 11.7 Å². The summed E-state index contributed by atoms with van der Waals surface area (Å²) in [5.74, 6) is 0.659. The van der Waals surface area contributed by atoms with Gasteiger partial charge in [0.15, 0.2) is 0 Å². The monoisotopic (exact) mass is 148 g/mol. The Morgan fingerprint density at radius 1 is 1.45 bits per heavy atom. The molecule has 0 unspecified atom stereocenters. The molecule has 0 amide bonds. The van der Waals surface area contributed by atoms with Crippen molar-refractivity contribution < 1.29 is 4.74 Å². The molecule has 3 heteroatoms. The van der Waals surface area contributed by atoms with Gasteiger partial charge in [0, 0.05) is 0 Å². The van der Waals surface area contributed by atoms with E-state index in [1.54, 1.807) is 19.2 Å². The Labute approximate surface area is 64.9 Å². The summed E-state index contributed by atoms with van der Waals surface area (Å²) in [6.45, 7) is 0. The molecule has 1 aromatic rings. The van der Waals surface area contributed by atoms with Gasteiger partial charge >= 0.3 is 0 Å². The van der Waals surface area contributed by atoms with Gasteiger partial charge in [-0.15, -0.1) is 0 Å². The summed E-state index contributed by atoms with van der Waals surface area (Å²) in [5, 5.41) is 6.64. The molecule has 0 bridgehead atoms. The van der Waals surface area contributed by atoms with Crippen LogP contribution in [-0.4, -0.2) is 13.1 Å². The number of nitrogens with one attached hydrogen (secondary N) is 1. The first-order valence-electron chi connectivity index (χ1n) is 3.14. The largest absolute Gasteiger partial charge is 0.494 e. The van der Waals surface area contributed by atoms with Crippen LogP contribution in [0.25, 0.3) is 0 Å². The standard InChI is InChI=1S/C8H8N2O/c1-11-8-5-3-2-4-7(8)10-6-9/h2-5,9H,1H3. The van der Waals surface area contributed by atoms with E-state index >= 15 is 0 Å². The fourth-order valence-corrected chi connectivity index (χ4v) is 0.782. The third-order valence-corrected chi connectivity index (χ3v) is 1.26. The van der Waals surface area contributed by atoms with Crippen molar-refractivity contribution in [2.24, 2.45) is 4.99 Å². The molecule has 0 heterocycles. The summed E-state index contributed by atoms with van der Waals surface area (Å²) in [6, 6.07) is 9.19. The molecule has 0 aliphatic rings. The van der Waals surface area contributed by atoms with Crippen molar-refractivity contribution in [3.8, 4) is 5.75 Å². The fraction of sp³-hybridized carbons (Fsp3) is 0.125. The van der Waals surface area contributed by atoms with Crippen LogP contribution in [0.15, 0.2) is 29.3 Å². The molecular formula is C8H8N2O. The van der Waals surface area contributed by atoms with Crippen LogP contribution in [0.1, 0.15) is 0 Å². The third kappa shape index (κ3) is 1.66. The number of ether oxygens (including phenoxy) is 1. The van der Waals surface area contributed by atoms with E-state index in [1.165, 1.54) is 0 Å². The number of benzene rings is 1. The van der Waals surface area contributed by atoms with Crippen molar-refractivity contribution in [1.82, 2.24) is 0 Å². The number of methoxy groups -OCH3 is 1. The van der Waals surface area contributed by atoms with Crippen LogP contribution in [0, 0.1) is 5.41 Å². The van der Waals surface area contributed by atoms with E-state index < -0.39 is 0 Å². The molecule has 0 atom stereocenters. The van der Waals surface area contributed by atoms with Crippen molar-refractivity contribution in [3.05, 3.63) is 24.3 Å². The van der Waals surface area contributed by atoms with Gasteiger partial charge in [-0.1, -0.05) is 12.1 Å². The van der Waals surface area contributed by atoms with E-state index in [4.69, 9.17) is 10.1 Å². The second kappa shape index (κ2) is 3.54. The van der Waals surface area contributed by atoms with Crippen molar-refractivity contribution in [2.75, 3.05) is 7.11 Å². The maximum Gasteiger partial charge on any atom is 0.145 e. The minimum Gasteiger partial charge on any atom is -0.494 e. The molecule has 1 N–H and O–H groups in total. The van der Waals surface area contributed by atoms with Crippen LogP contribution in [0.3, 0.4) is 0 Å². The number of para-hydroxylation sites is 2. The Bertz CT molecular complexity index is 290. The van der Waals surface area contributed by atoms with Gasteiger partial charge in [0.25, 0.3) is 0 Å². The van der Waals surface area contributed by atoms with Crippen molar-refractivity contribution in [2.45, 2.75) is 0 Å². The summed E-state index contributed by atoms with van der Waals surface area (Å²) in [4.78, 5) is 3.67. The van der Waals surface area contributed by atoms with Crippen LogP contribution in [-0.2, 0) is 0 Å². The average molecular weight is 148 g/mol. The van der Waals surface area contributed by atoms with E-state index in [2.05, 4.69) is 4.99 Å². The summed E-state index contributed by atoms with van der Waals surface area (Å²) in [7, 11) is 1.57. The van der Waals surface area contributed by atoms with Crippen LogP contribution in [0.2, 0.25) is 0 Å². The highest BCUT2D eigenvalue weighted by Gasteiger charge is 1.96. The Morgan fingerprint density at radius 3 is 2.82 bits per heavy atom. The SMILES string of the molecule is COc1ccccc1N=C=N. The molecule has 56 valence electrons. The van der Waals surface area contributed by atoms with Crippen molar-refractivity contribution in [1.29, 1.82) is 5.41 Å². The van der Waals surface area contributed by atoms with Gasteiger partial charge in [-0.05, 0) is 12.1 Å². The molecular weight excluding hydrogens is 140 g/mol. The minimum absolute atomic E-state index is 0.630. The zero-order valence-corrected chi connectivity index (χ0v) is 6.16. The second-order valence-electron chi connectivity index (χ2n) is 1.90. The number of hydrogen-bond donors (Lipinski definition) is 1.